The van der Waals surface area contributed by atoms with Gasteiger partial charge in [0.1, 0.15) is 11.5 Å². The van der Waals surface area contributed by atoms with Crippen LogP contribution in [0.4, 0.5) is 17.1 Å². The Morgan fingerprint density at radius 2 is 1.09 bits per heavy atom. The molecular formula is C42H28BNOSSi. The van der Waals surface area contributed by atoms with Gasteiger partial charge < -0.3 is 9.64 Å². The van der Waals surface area contributed by atoms with Crippen LogP contribution in [0, 0.1) is 0 Å². The minimum absolute atomic E-state index is 0.111. The molecule has 0 bridgehead atoms. The third kappa shape index (κ3) is 3.81. The van der Waals surface area contributed by atoms with Crippen LogP contribution in [-0.2, 0) is 0 Å². The highest BCUT2D eigenvalue weighted by atomic mass is 32.2. The summed E-state index contributed by atoms with van der Waals surface area (Å²) in [5.41, 5.74) is 7.46. The second kappa shape index (κ2) is 10.4. The summed E-state index contributed by atoms with van der Waals surface area (Å²) >= 11 is 1.85. The van der Waals surface area contributed by atoms with Gasteiger partial charge in [0.05, 0.1) is 0 Å². The zero-order chi connectivity index (χ0) is 31.0. The third-order valence-corrected chi connectivity index (χ3v) is 16.1. The lowest BCUT2D eigenvalue weighted by molar-refractivity contribution is 0.486. The molecule has 0 aromatic heterocycles. The van der Waals surface area contributed by atoms with E-state index in [1.807, 2.05) is 11.8 Å². The van der Waals surface area contributed by atoms with E-state index in [-0.39, 0.29) is 6.71 Å². The molecule has 5 heteroatoms. The molecule has 0 N–H and O–H groups in total. The summed E-state index contributed by atoms with van der Waals surface area (Å²) in [6.45, 7) is 0.111. The van der Waals surface area contributed by atoms with Crippen molar-refractivity contribution in [3.8, 4) is 11.5 Å². The van der Waals surface area contributed by atoms with Crippen molar-refractivity contribution in [3.63, 3.8) is 0 Å². The molecule has 0 aliphatic carbocycles. The molecule has 0 atom stereocenters. The van der Waals surface area contributed by atoms with Crippen LogP contribution in [0.2, 0.25) is 0 Å². The van der Waals surface area contributed by atoms with Crippen LogP contribution in [0.3, 0.4) is 0 Å². The molecule has 0 spiro atoms. The van der Waals surface area contributed by atoms with E-state index in [9.17, 15) is 0 Å². The first-order chi connectivity index (χ1) is 23.3. The Balaban J connectivity index is 1.23. The maximum Gasteiger partial charge on any atom is 0.253 e. The average molecular weight is 634 g/mol. The highest BCUT2D eigenvalue weighted by molar-refractivity contribution is 8.00. The normalized spacial score (nSPS) is 14.6. The second-order valence-electron chi connectivity index (χ2n) is 12.4. The van der Waals surface area contributed by atoms with E-state index in [0.29, 0.717) is 0 Å². The molecule has 220 valence electrons. The maximum atomic E-state index is 6.64. The van der Waals surface area contributed by atoms with E-state index >= 15 is 0 Å². The summed E-state index contributed by atoms with van der Waals surface area (Å²) in [5.74, 6) is 1.89. The Morgan fingerprint density at radius 3 is 1.79 bits per heavy atom. The van der Waals surface area contributed by atoms with Gasteiger partial charge in [-0.1, -0.05) is 139 Å². The molecule has 0 amide bonds. The van der Waals surface area contributed by atoms with Crippen molar-refractivity contribution < 1.29 is 4.74 Å². The second-order valence-corrected chi connectivity index (χ2v) is 17.2. The number of para-hydroxylation sites is 2. The highest BCUT2D eigenvalue weighted by Crippen LogP contribution is 2.41. The van der Waals surface area contributed by atoms with Crippen molar-refractivity contribution in [2.75, 3.05) is 4.90 Å². The van der Waals surface area contributed by atoms with Gasteiger partial charge in [-0.2, -0.15) is 0 Å². The lowest BCUT2D eigenvalue weighted by Gasteiger charge is -2.45. The summed E-state index contributed by atoms with van der Waals surface area (Å²) < 4.78 is 6.64. The van der Waals surface area contributed by atoms with Crippen molar-refractivity contribution in [2.24, 2.45) is 0 Å². The smallest absolute Gasteiger partial charge is 0.253 e. The van der Waals surface area contributed by atoms with Crippen LogP contribution >= 0.6 is 11.8 Å². The molecule has 47 heavy (non-hydrogen) atoms. The van der Waals surface area contributed by atoms with Gasteiger partial charge in [0, 0.05) is 26.9 Å². The first kappa shape index (κ1) is 26.9. The Morgan fingerprint density at radius 1 is 0.489 bits per heavy atom. The Bertz CT molecular complexity index is 2240. The van der Waals surface area contributed by atoms with Crippen molar-refractivity contribution in [1.82, 2.24) is 0 Å². The van der Waals surface area contributed by atoms with E-state index in [1.54, 1.807) is 0 Å². The molecular weight excluding hydrogens is 605 g/mol. The first-order valence-corrected chi connectivity index (χ1v) is 19.0. The molecule has 0 radical (unpaired) electrons. The predicted octanol–water partition coefficient (Wildman–Crippen LogP) is 5.93. The molecule has 2 nitrogen and oxygen atoms in total. The van der Waals surface area contributed by atoms with Crippen LogP contribution in [0.25, 0.3) is 0 Å². The monoisotopic (exact) mass is 633 g/mol. The third-order valence-electron chi connectivity index (χ3n) is 10.1. The lowest BCUT2D eigenvalue weighted by Crippen LogP contribution is -2.77. The fraction of sp³-hybridized carbons (Fsp3) is 0. The van der Waals surface area contributed by atoms with E-state index < -0.39 is 8.07 Å². The lowest BCUT2D eigenvalue weighted by atomic mass is 9.35. The molecule has 0 fully saturated rings. The fourth-order valence-corrected chi connectivity index (χ4v) is 14.5. The van der Waals surface area contributed by atoms with Gasteiger partial charge >= 0.3 is 0 Å². The van der Waals surface area contributed by atoms with Gasteiger partial charge in [-0.15, -0.1) is 0 Å². The van der Waals surface area contributed by atoms with Crippen LogP contribution < -0.4 is 46.8 Å². The molecule has 10 rings (SSSR count). The number of rotatable bonds is 3. The molecule has 3 heterocycles. The van der Waals surface area contributed by atoms with E-state index in [1.165, 1.54) is 58.3 Å². The molecule has 3 aliphatic heterocycles. The Kier molecular flexibility index (Phi) is 5.96. The van der Waals surface area contributed by atoms with Crippen LogP contribution in [0.1, 0.15) is 0 Å². The summed E-state index contributed by atoms with van der Waals surface area (Å²) in [4.78, 5) is 5.08. The largest absolute Gasteiger partial charge is 0.458 e. The molecule has 3 aliphatic rings. The number of anilines is 3. The van der Waals surface area contributed by atoms with Gasteiger partial charge in [0.25, 0.3) is 6.71 Å². The number of ether oxygens (including phenoxy) is 1. The average Bonchev–Trinajstić information content (AvgIpc) is 3.14. The van der Waals surface area contributed by atoms with Crippen LogP contribution in [-0.4, -0.2) is 14.8 Å². The number of fused-ring (bicyclic) bond motifs is 6. The van der Waals surface area contributed by atoms with Gasteiger partial charge in [0.15, 0.2) is 8.07 Å². The van der Waals surface area contributed by atoms with Gasteiger partial charge in [-0.05, 0) is 80.2 Å². The number of benzene rings is 7. The number of hydrogen-bond acceptors (Lipinski definition) is 3. The zero-order valence-electron chi connectivity index (χ0n) is 25.5. The fourth-order valence-electron chi connectivity index (χ4n) is 8.20. The molecule has 0 saturated heterocycles. The topological polar surface area (TPSA) is 12.5 Å². The van der Waals surface area contributed by atoms with Crippen molar-refractivity contribution >= 4 is 80.7 Å². The summed E-state index contributed by atoms with van der Waals surface area (Å²) in [5, 5.41) is 5.59. The van der Waals surface area contributed by atoms with Gasteiger partial charge in [-0.3, -0.25) is 0 Å². The molecule has 7 aromatic rings. The number of nitrogens with zero attached hydrogens (tertiary/aromatic N) is 1. The summed E-state index contributed by atoms with van der Waals surface area (Å²) in [6.07, 6.45) is 0. The minimum atomic E-state index is -2.66. The minimum Gasteiger partial charge on any atom is -0.458 e. The molecule has 0 unspecified atom stereocenters. The molecule has 7 aromatic carbocycles. The Hall–Kier alpha value is -5.23. The first-order valence-electron chi connectivity index (χ1n) is 16.1. The Labute approximate surface area is 280 Å². The predicted molar refractivity (Wildman–Crippen MR) is 200 cm³/mol. The highest BCUT2D eigenvalue weighted by Gasteiger charge is 2.49. The van der Waals surface area contributed by atoms with Crippen molar-refractivity contribution in [3.05, 3.63) is 170 Å². The van der Waals surface area contributed by atoms with E-state index in [2.05, 4.69) is 175 Å². The van der Waals surface area contributed by atoms with E-state index in [0.717, 1.165) is 17.2 Å². The molecule has 0 saturated carbocycles. The number of hydrogen-bond donors (Lipinski definition) is 0. The maximum absolute atomic E-state index is 6.64. The van der Waals surface area contributed by atoms with Gasteiger partial charge in [0.2, 0.25) is 0 Å². The van der Waals surface area contributed by atoms with Crippen molar-refractivity contribution in [1.29, 1.82) is 0 Å². The zero-order valence-corrected chi connectivity index (χ0v) is 27.3. The summed E-state index contributed by atoms with van der Waals surface area (Å²) in [7, 11) is -2.66. The van der Waals surface area contributed by atoms with Crippen LogP contribution in [0.5, 0.6) is 11.5 Å². The van der Waals surface area contributed by atoms with Gasteiger partial charge in [-0.25, -0.2) is 0 Å². The standard InChI is InChI=1S/C42H28BNOSSi/c1-3-14-30(15-4-1)47(31-16-5-2-6-17-31)40-24-11-8-19-34(40)44(35-20-9-12-25-41(35)47)29-26-27-36-33(28-29)43-32-18-7-10-22-38(32)46-39-23-13-21-37(45-36)42(39)43/h1-28H. The SMILES string of the molecule is c1ccc([Si]2(c3ccccc3)c3ccccc3N(c3ccc4c(c3)B3c5ccccc5Sc5cccc(c53)O4)c3ccccc32)cc1. The van der Waals surface area contributed by atoms with Crippen LogP contribution in [0.15, 0.2) is 180 Å². The van der Waals surface area contributed by atoms with E-state index in [4.69, 9.17) is 4.74 Å². The summed E-state index contributed by atoms with van der Waals surface area (Å²) in [6, 6.07) is 62.7. The quantitative estimate of drug-likeness (QED) is 0.224. The van der Waals surface area contributed by atoms with Crippen molar-refractivity contribution in [2.45, 2.75) is 9.79 Å².